The number of ether oxygens (including phenoxy) is 3. The number of esters is 1. The maximum Gasteiger partial charge on any atom is 0.326 e. The van der Waals surface area contributed by atoms with Crippen LogP contribution >= 0.6 is 11.3 Å². The Balaban J connectivity index is 1.28. The molecule has 0 spiro atoms. The standard InChI is InChI=1S/C24H28N4O4S/c1-3-30-22(29)24(26-9-6-17-4-5-19-20(12-17)32-15-31-19)8-10-28(16(2)13-24)23-25-14-18-7-11-33-21(18)27-23/h4-5,7,11-12,14,16,26H,3,6,8-10,13,15H2,1-2H3. The van der Waals surface area contributed by atoms with Crippen LogP contribution in [0.2, 0.25) is 0 Å². The predicted octanol–water partition coefficient (Wildman–Crippen LogP) is 3.54. The van der Waals surface area contributed by atoms with Crippen LogP contribution < -0.4 is 19.7 Å². The molecule has 0 amide bonds. The van der Waals surface area contributed by atoms with Crippen molar-refractivity contribution in [3.05, 3.63) is 41.4 Å². The summed E-state index contributed by atoms with van der Waals surface area (Å²) in [5, 5.41) is 6.63. The lowest BCUT2D eigenvalue weighted by molar-refractivity contribution is -0.152. The molecule has 2 atom stereocenters. The van der Waals surface area contributed by atoms with E-state index in [-0.39, 0.29) is 18.8 Å². The van der Waals surface area contributed by atoms with Gasteiger partial charge in [-0.3, -0.25) is 4.79 Å². The van der Waals surface area contributed by atoms with E-state index in [2.05, 4.69) is 22.1 Å². The summed E-state index contributed by atoms with van der Waals surface area (Å²) in [6.07, 6.45) is 3.90. The van der Waals surface area contributed by atoms with E-state index in [1.54, 1.807) is 11.3 Å². The number of fused-ring (bicyclic) bond motifs is 2. The molecule has 33 heavy (non-hydrogen) atoms. The number of benzene rings is 1. The number of carbonyl (C=O) groups excluding carboxylic acids is 1. The number of thiophene rings is 1. The van der Waals surface area contributed by atoms with Gasteiger partial charge >= 0.3 is 5.97 Å². The molecule has 174 valence electrons. The molecule has 5 rings (SSSR count). The molecule has 2 aliphatic heterocycles. The highest BCUT2D eigenvalue weighted by Gasteiger charge is 2.45. The van der Waals surface area contributed by atoms with Crippen LogP contribution in [0.1, 0.15) is 32.3 Å². The number of carbonyl (C=O) groups is 1. The predicted molar refractivity (Wildman–Crippen MR) is 127 cm³/mol. The fourth-order valence-corrected chi connectivity index (χ4v) is 5.40. The minimum absolute atomic E-state index is 0.0820. The summed E-state index contributed by atoms with van der Waals surface area (Å²) in [6, 6.07) is 8.08. The molecule has 2 aliphatic rings. The van der Waals surface area contributed by atoms with Gasteiger partial charge in [-0.1, -0.05) is 6.07 Å². The number of aromatic nitrogens is 2. The Kier molecular flexibility index (Phi) is 6.07. The van der Waals surface area contributed by atoms with E-state index in [0.717, 1.165) is 39.6 Å². The van der Waals surface area contributed by atoms with Crippen molar-refractivity contribution in [2.24, 2.45) is 0 Å². The third-order valence-electron chi connectivity index (χ3n) is 6.39. The molecule has 9 heteroatoms. The number of nitrogens with one attached hydrogen (secondary N) is 1. The lowest BCUT2D eigenvalue weighted by Gasteiger charge is -2.44. The smallest absolute Gasteiger partial charge is 0.326 e. The van der Waals surface area contributed by atoms with Crippen LogP contribution in [-0.2, 0) is 16.0 Å². The van der Waals surface area contributed by atoms with Gasteiger partial charge in [0.2, 0.25) is 12.7 Å². The molecule has 2 unspecified atom stereocenters. The van der Waals surface area contributed by atoms with Crippen molar-refractivity contribution >= 4 is 33.5 Å². The fraction of sp³-hybridized carbons (Fsp3) is 0.458. The zero-order chi connectivity index (χ0) is 22.8. The summed E-state index contributed by atoms with van der Waals surface area (Å²) < 4.78 is 16.4. The summed E-state index contributed by atoms with van der Waals surface area (Å²) in [7, 11) is 0. The molecule has 8 nitrogen and oxygen atoms in total. The van der Waals surface area contributed by atoms with E-state index in [0.29, 0.717) is 32.5 Å². The zero-order valence-electron chi connectivity index (χ0n) is 18.9. The van der Waals surface area contributed by atoms with E-state index in [4.69, 9.17) is 19.2 Å². The molecular weight excluding hydrogens is 440 g/mol. The van der Waals surface area contributed by atoms with Crippen molar-refractivity contribution < 1.29 is 19.0 Å². The number of piperidine rings is 1. The van der Waals surface area contributed by atoms with Gasteiger partial charge in [0.15, 0.2) is 11.5 Å². The molecule has 1 N–H and O–H groups in total. The van der Waals surface area contributed by atoms with Crippen LogP contribution in [0.5, 0.6) is 11.5 Å². The first-order valence-corrected chi connectivity index (χ1v) is 12.2. The molecule has 0 radical (unpaired) electrons. The van der Waals surface area contributed by atoms with E-state index in [9.17, 15) is 4.79 Å². The minimum Gasteiger partial charge on any atom is -0.465 e. The Hall–Kier alpha value is -2.91. The van der Waals surface area contributed by atoms with E-state index >= 15 is 0 Å². The average molecular weight is 469 g/mol. The van der Waals surface area contributed by atoms with Crippen molar-refractivity contribution in [2.75, 3.05) is 31.4 Å². The van der Waals surface area contributed by atoms with Crippen molar-refractivity contribution in [3.8, 4) is 11.5 Å². The summed E-state index contributed by atoms with van der Waals surface area (Å²) >= 11 is 1.61. The second kappa shape index (κ2) is 9.15. The van der Waals surface area contributed by atoms with Crippen molar-refractivity contribution in [2.45, 2.75) is 44.7 Å². The van der Waals surface area contributed by atoms with Gasteiger partial charge in [0.25, 0.3) is 0 Å². The van der Waals surface area contributed by atoms with Gasteiger partial charge in [0.1, 0.15) is 10.4 Å². The van der Waals surface area contributed by atoms with Crippen LogP contribution in [0.4, 0.5) is 5.95 Å². The number of nitrogens with zero attached hydrogens (tertiary/aromatic N) is 3. The molecule has 0 aliphatic carbocycles. The van der Waals surface area contributed by atoms with Crippen LogP contribution in [0.3, 0.4) is 0 Å². The van der Waals surface area contributed by atoms with Crippen LogP contribution in [-0.4, -0.2) is 54.0 Å². The first-order chi connectivity index (χ1) is 16.1. The molecular formula is C24H28N4O4S. The van der Waals surface area contributed by atoms with Gasteiger partial charge in [0, 0.05) is 30.7 Å². The number of anilines is 1. The topological polar surface area (TPSA) is 85.8 Å². The van der Waals surface area contributed by atoms with Crippen molar-refractivity contribution in [1.29, 1.82) is 0 Å². The van der Waals surface area contributed by atoms with E-state index < -0.39 is 5.54 Å². The summed E-state index contributed by atoms with van der Waals surface area (Å²) in [4.78, 5) is 25.6. The molecule has 4 heterocycles. The summed E-state index contributed by atoms with van der Waals surface area (Å²) in [5.41, 5.74) is 0.406. The largest absolute Gasteiger partial charge is 0.465 e. The zero-order valence-corrected chi connectivity index (χ0v) is 19.7. The monoisotopic (exact) mass is 468 g/mol. The second-order valence-corrected chi connectivity index (χ2v) is 9.41. The van der Waals surface area contributed by atoms with Crippen LogP contribution in [0, 0.1) is 0 Å². The Bertz CT molecular complexity index is 1150. The average Bonchev–Trinajstić information content (AvgIpc) is 3.48. The Morgan fingerprint density at radius 2 is 2.21 bits per heavy atom. The third kappa shape index (κ3) is 4.35. The highest BCUT2D eigenvalue weighted by Crippen LogP contribution is 2.34. The summed E-state index contributed by atoms with van der Waals surface area (Å²) in [6.45, 7) is 5.92. The first-order valence-electron chi connectivity index (χ1n) is 11.4. The molecule has 1 saturated heterocycles. The van der Waals surface area contributed by atoms with Gasteiger partial charge in [-0.2, -0.15) is 0 Å². The van der Waals surface area contributed by atoms with Gasteiger partial charge in [-0.05, 0) is 62.3 Å². The number of hydrogen-bond acceptors (Lipinski definition) is 9. The number of rotatable bonds is 7. The molecule has 3 aromatic rings. The minimum atomic E-state index is -0.727. The Labute approximate surface area is 196 Å². The quantitative estimate of drug-likeness (QED) is 0.527. The molecule has 0 bridgehead atoms. The van der Waals surface area contributed by atoms with Gasteiger partial charge in [0.05, 0.1) is 6.61 Å². The van der Waals surface area contributed by atoms with Gasteiger partial charge in [-0.15, -0.1) is 11.3 Å². The van der Waals surface area contributed by atoms with Crippen molar-refractivity contribution in [1.82, 2.24) is 15.3 Å². The first kappa shape index (κ1) is 21.9. The SMILES string of the molecule is CCOC(=O)C1(NCCc2ccc3c(c2)OCO3)CCN(c2ncc3ccsc3n2)C(C)C1. The lowest BCUT2D eigenvalue weighted by Crippen LogP contribution is -2.62. The normalized spacial score (nSPS) is 22.0. The maximum absolute atomic E-state index is 13.1. The highest BCUT2D eigenvalue weighted by molar-refractivity contribution is 7.16. The molecule has 0 saturated carbocycles. The van der Waals surface area contributed by atoms with E-state index in [1.165, 1.54) is 0 Å². The Morgan fingerprint density at radius 3 is 3.06 bits per heavy atom. The van der Waals surface area contributed by atoms with Gasteiger partial charge < -0.3 is 24.4 Å². The molecule has 1 fully saturated rings. The molecule has 1 aromatic carbocycles. The fourth-order valence-electron chi connectivity index (χ4n) is 4.66. The third-order valence-corrected chi connectivity index (χ3v) is 7.21. The maximum atomic E-state index is 13.1. The highest BCUT2D eigenvalue weighted by atomic mass is 32.1. The number of hydrogen-bond donors (Lipinski definition) is 1. The van der Waals surface area contributed by atoms with Crippen molar-refractivity contribution in [3.63, 3.8) is 0 Å². The Morgan fingerprint density at radius 1 is 1.33 bits per heavy atom. The van der Waals surface area contributed by atoms with Gasteiger partial charge in [-0.25, -0.2) is 9.97 Å². The lowest BCUT2D eigenvalue weighted by atomic mass is 9.83. The second-order valence-electron chi connectivity index (χ2n) is 8.51. The van der Waals surface area contributed by atoms with E-state index in [1.807, 2.05) is 42.8 Å². The summed E-state index contributed by atoms with van der Waals surface area (Å²) in [5.74, 6) is 2.09. The van der Waals surface area contributed by atoms with Crippen LogP contribution in [0.15, 0.2) is 35.8 Å². The molecule has 2 aromatic heterocycles. The van der Waals surface area contributed by atoms with Crippen LogP contribution in [0.25, 0.3) is 10.2 Å².